The van der Waals surface area contributed by atoms with Crippen molar-refractivity contribution < 1.29 is 13.6 Å². The number of anilines is 1. The van der Waals surface area contributed by atoms with E-state index in [0.717, 1.165) is 22.7 Å². The number of carbonyl (C=O) groups excluding carboxylic acids is 1. The van der Waals surface area contributed by atoms with Crippen molar-refractivity contribution in [3.8, 4) is 0 Å². The highest BCUT2D eigenvalue weighted by Crippen LogP contribution is 2.25. The Labute approximate surface area is 235 Å². The Morgan fingerprint density at radius 3 is 2.38 bits per heavy atom. The topological polar surface area (TPSA) is 101 Å². The van der Waals surface area contributed by atoms with Crippen molar-refractivity contribution in [3.05, 3.63) is 124 Å². The average Bonchev–Trinajstić information content (AvgIpc) is 2.98. The molecule has 2 aromatic carbocycles. The van der Waals surface area contributed by atoms with Gasteiger partial charge in [0.2, 0.25) is 5.91 Å². The minimum absolute atomic E-state index is 0.0977. The molecule has 0 aliphatic heterocycles. The summed E-state index contributed by atoms with van der Waals surface area (Å²) in [7, 11) is 0. The van der Waals surface area contributed by atoms with Crippen LogP contribution in [0.5, 0.6) is 0 Å². The first-order valence-corrected chi connectivity index (χ1v) is 13.1. The molecule has 0 radical (unpaired) electrons. The van der Waals surface area contributed by atoms with Gasteiger partial charge in [0.15, 0.2) is 5.82 Å². The van der Waals surface area contributed by atoms with E-state index in [4.69, 9.17) is 11.6 Å². The molecule has 0 saturated heterocycles. The molecule has 3 N–H and O–H groups in total. The molecule has 0 aliphatic rings. The van der Waals surface area contributed by atoms with Gasteiger partial charge in [0.1, 0.15) is 17.4 Å². The quantitative estimate of drug-likeness (QED) is 0.210. The molecular formula is C29H29ClF2N6O2. The summed E-state index contributed by atoms with van der Waals surface area (Å²) in [6, 6.07) is 23.3. The smallest absolute Gasteiger partial charge is 0.306 e. The molecule has 0 aliphatic carbocycles. The standard InChI is InChI=1S/C29H29ClF2N6O2/c30-25-18-35-27(36-20-29(31,32)24-13-7-8-15-34-24)28(40)38(25)19-26(39)37-23(22-11-5-2-6-12-22)17-33-16-14-21-9-3-1-4-10-21/h1-13,15,18,23,33H,14,16-17,19-20H2,(H,35,36)(H,37,39). The van der Waals surface area contributed by atoms with E-state index in [1.165, 1.54) is 30.0 Å². The molecule has 0 bridgehead atoms. The Balaban J connectivity index is 1.40. The normalized spacial score (nSPS) is 12.1. The summed E-state index contributed by atoms with van der Waals surface area (Å²) in [5, 5.41) is 8.59. The lowest BCUT2D eigenvalue weighted by Crippen LogP contribution is -2.40. The second-order valence-corrected chi connectivity index (χ2v) is 9.45. The highest BCUT2D eigenvalue weighted by Gasteiger charge is 2.33. The molecule has 0 spiro atoms. The van der Waals surface area contributed by atoms with Crippen molar-refractivity contribution in [2.75, 3.05) is 25.0 Å². The third kappa shape index (κ3) is 7.93. The molecule has 1 unspecified atom stereocenters. The van der Waals surface area contributed by atoms with Crippen LogP contribution in [0, 0.1) is 0 Å². The molecular weight excluding hydrogens is 538 g/mol. The van der Waals surface area contributed by atoms with Crippen molar-refractivity contribution in [2.24, 2.45) is 0 Å². The molecule has 40 heavy (non-hydrogen) atoms. The van der Waals surface area contributed by atoms with Gasteiger partial charge in [0.05, 0.1) is 18.8 Å². The number of alkyl halides is 2. The summed E-state index contributed by atoms with van der Waals surface area (Å²) in [5.41, 5.74) is 0.844. The largest absolute Gasteiger partial charge is 0.359 e. The maximum atomic E-state index is 14.5. The number of rotatable bonds is 13. The maximum Gasteiger partial charge on any atom is 0.306 e. The van der Waals surface area contributed by atoms with Crippen LogP contribution in [0.25, 0.3) is 0 Å². The summed E-state index contributed by atoms with van der Waals surface area (Å²) >= 11 is 6.17. The molecule has 4 rings (SSSR count). The molecule has 2 aromatic heterocycles. The van der Waals surface area contributed by atoms with Gasteiger partial charge >= 0.3 is 5.92 Å². The van der Waals surface area contributed by atoms with E-state index in [1.54, 1.807) is 0 Å². The van der Waals surface area contributed by atoms with Crippen molar-refractivity contribution in [1.29, 1.82) is 0 Å². The van der Waals surface area contributed by atoms with E-state index in [-0.39, 0.29) is 17.0 Å². The van der Waals surface area contributed by atoms with E-state index in [0.29, 0.717) is 13.1 Å². The maximum absolute atomic E-state index is 14.5. The van der Waals surface area contributed by atoms with E-state index in [2.05, 4.69) is 38.1 Å². The zero-order valence-corrected chi connectivity index (χ0v) is 22.3. The minimum atomic E-state index is -3.35. The van der Waals surface area contributed by atoms with Crippen LogP contribution in [0.3, 0.4) is 0 Å². The van der Waals surface area contributed by atoms with Crippen molar-refractivity contribution in [3.63, 3.8) is 0 Å². The third-order valence-electron chi connectivity index (χ3n) is 6.14. The van der Waals surface area contributed by atoms with E-state index in [1.807, 2.05) is 48.5 Å². The van der Waals surface area contributed by atoms with E-state index >= 15 is 0 Å². The Kier molecular flexibility index (Phi) is 9.93. The fraction of sp³-hybridized carbons (Fsp3) is 0.241. The first-order chi connectivity index (χ1) is 19.3. The van der Waals surface area contributed by atoms with Gasteiger partial charge in [-0.15, -0.1) is 0 Å². The monoisotopic (exact) mass is 566 g/mol. The Morgan fingerprint density at radius 1 is 0.975 bits per heavy atom. The number of nitrogens with one attached hydrogen (secondary N) is 3. The van der Waals surface area contributed by atoms with Crippen LogP contribution >= 0.6 is 11.6 Å². The number of hydrogen-bond acceptors (Lipinski definition) is 6. The number of benzene rings is 2. The fourth-order valence-corrected chi connectivity index (χ4v) is 4.23. The Morgan fingerprint density at radius 2 is 1.68 bits per heavy atom. The fourth-order valence-electron chi connectivity index (χ4n) is 4.05. The minimum Gasteiger partial charge on any atom is -0.359 e. The van der Waals surface area contributed by atoms with Gasteiger partial charge in [0, 0.05) is 12.7 Å². The van der Waals surface area contributed by atoms with Crippen LogP contribution in [-0.2, 0) is 23.7 Å². The predicted octanol–water partition coefficient (Wildman–Crippen LogP) is 4.19. The molecule has 11 heteroatoms. The van der Waals surface area contributed by atoms with Gasteiger partial charge in [-0.2, -0.15) is 8.78 Å². The number of carbonyl (C=O) groups is 1. The first-order valence-electron chi connectivity index (χ1n) is 12.7. The second kappa shape index (κ2) is 13.8. The number of halogens is 3. The molecule has 8 nitrogen and oxygen atoms in total. The summed E-state index contributed by atoms with van der Waals surface area (Å²) in [4.78, 5) is 33.6. The van der Waals surface area contributed by atoms with Gasteiger partial charge in [-0.25, -0.2) is 4.98 Å². The molecule has 1 atom stereocenters. The lowest BCUT2D eigenvalue weighted by Gasteiger charge is -2.21. The third-order valence-corrected chi connectivity index (χ3v) is 6.45. The molecule has 208 valence electrons. The summed E-state index contributed by atoms with van der Waals surface area (Å²) < 4.78 is 30.1. The van der Waals surface area contributed by atoms with Gasteiger partial charge in [-0.05, 0) is 36.2 Å². The zero-order chi connectivity index (χ0) is 28.4. The van der Waals surface area contributed by atoms with Crippen molar-refractivity contribution in [2.45, 2.75) is 24.9 Å². The number of aromatic nitrogens is 3. The second-order valence-electron chi connectivity index (χ2n) is 9.06. The van der Waals surface area contributed by atoms with Crippen LogP contribution in [0.1, 0.15) is 22.9 Å². The van der Waals surface area contributed by atoms with Gasteiger partial charge in [-0.1, -0.05) is 78.3 Å². The first kappa shape index (κ1) is 28.8. The van der Waals surface area contributed by atoms with Crippen molar-refractivity contribution >= 4 is 23.3 Å². The van der Waals surface area contributed by atoms with E-state index in [9.17, 15) is 18.4 Å². The molecule has 0 fully saturated rings. The molecule has 0 saturated carbocycles. The van der Waals surface area contributed by atoms with Gasteiger partial charge in [-0.3, -0.25) is 19.1 Å². The van der Waals surface area contributed by atoms with Crippen LogP contribution in [0.4, 0.5) is 14.6 Å². The summed E-state index contributed by atoms with van der Waals surface area (Å²) in [5.74, 6) is -4.18. The lowest BCUT2D eigenvalue weighted by atomic mass is 10.1. The molecule has 1 amide bonds. The molecule has 4 aromatic rings. The molecule has 2 heterocycles. The lowest BCUT2D eigenvalue weighted by molar-refractivity contribution is -0.122. The summed E-state index contributed by atoms with van der Waals surface area (Å²) in [6.45, 7) is -0.169. The highest BCUT2D eigenvalue weighted by molar-refractivity contribution is 6.29. The average molecular weight is 567 g/mol. The van der Waals surface area contributed by atoms with Crippen LogP contribution in [0.2, 0.25) is 5.15 Å². The Hall–Kier alpha value is -4.15. The predicted molar refractivity (Wildman–Crippen MR) is 150 cm³/mol. The number of amides is 1. The number of pyridine rings is 1. The summed E-state index contributed by atoms with van der Waals surface area (Å²) in [6.07, 6.45) is 3.22. The van der Waals surface area contributed by atoms with Crippen LogP contribution in [0.15, 0.2) is 96.1 Å². The van der Waals surface area contributed by atoms with Gasteiger partial charge in [0.25, 0.3) is 5.56 Å². The van der Waals surface area contributed by atoms with Crippen LogP contribution < -0.4 is 21.5 Å². The SMILES string of the molecule is O=C(Cn1c(Cl)cnc(NCC(F)(F)c2ccccn2)c1=O)NC(CNCCc1ccccc1)c1ccccc1. The zero-order valence-electron chi connectivity index (χ0n) is 21.6. The Bertz CT molecular complexity index is 1440. The van der Waals surface area contributed by atoms with Crippen molar-refractivity contribution in [1.82, 2.24) is 25.2 Å². The number of hydrogen-bond donors (Lipinski definition) is 3. The van der Waals surface area contributed by atoms with Gasteiger partial charge < -0.3 is 16.0 Å². The highest BCUT2D eigenvalue weighted by atomic mass is 35.5. The number of nitrogens with zero attached hydrogens (tertiary/aromatic N) is 3. The van der Waals surface area contributed by atoms with E-state index < -0.39 is 36.2 Å². The van der Waals surface area contributed by atoms with Crippen LogP contribution in [-0.4, -0.2) is 40.1 Å².